The molecule has 3 fully saturated rings. The van der Waals surface area contributed by atoms with Gasteiger partial charge in [0.1, 0.15) is 43.4 Å². The fourth-order valence-corrected chi connectivity index (χ4v) is 10.9. The molecule has 70 heavy (non-hydrogen) atoms. The molecule has 0 saturated carbocycles. The highest BCUT2D eigenvalue weighted by atomic mass is 16.5. The van der Waals surface area contributed by atoms with E-state index in [2.05, 4.69) is 36.2 Å². The van der Waals surface area contributed by atoms with Crippen LogP contribution in [0.3, 0.4) is 0 Å². The second-order valence-corrected chi connectivity index (χ2v) is 19.2. The highest BCUT2D eigenvalue weighted by Gasteiger charge is 2.46. The zero-order valence-electron chi connectivity index (χ0n) is 40.6. The smallest absolute Gasteiger partial charge is 0.407 e. The van der Waals surface area contributed by atoms with Crippen LogP contribution in [-0.4, -0.2) is 118 Å². The summed E-state index contributed by atoms with van der Waals surface area (Å²) in [6.07, 6.45) is 6.23. The number of amides is 5. The van der Waals surface area contributed by atoms with Crippen molar-refractivity contribution in [2.24, 2.45) is 5.92 Å². The summed E-state index contributed by atoms with van der Waals surface area (Å²) < 4.78 is 11.7. The molecule has 368 valence electrons. The van der Waals surface area contributed by atoms with Gasteiger partial charge < -0.3 is 34.4 Å². The van der Waals surface area contributed by atoms with Crippen molar-refractivity contribution in [2.45, 2.75) is 121 Å². The van der Waals surface area contributed by atoms with Gasteiger partial charge in [0.25, 0.3) is 0 Å². The van der Waals surface area contributed by atoms with E-state index in [9.17, 15) is 19.2 Å². The van der Waals surface area contributed by atoms with E-state index < -0.39 is 42.3 Å². The van der Waals surface area contributed by atoms with Crippen LogP contribution in [0.4, 0.5) is 4.79 Å². The van der Waals surface area contributed by atoms with Crippen LogP contribution in [0, 0.1) is 5.92 Å². The maximum absolute atomic E-state index is 15.3. The summed E-state index contributed by atoms with van der Waals surface area (Å²) in [6.45, 7) is 9.01. The van der Waals surface area contributed by atoms with Crippen molar-refractivity contribution in [3.8, 4) is 11.1 Å². The predicted octanol–water partition coefficient (Wildman–Crippen LogP) is 8.06. The molecule has 13 nitrogen and oxygen atoms in total. The van der Waals surface area contributed by atoms with Crippen LogP contribution in [0.2, 0.25) is 0 Å². The van der Waals surface area contributed by atoms with Gasteiger partial charge >= 0.3 is 12.1 Å². The van der Waals surface area contributed by atoms with Crippen LogP contribution in [-0.2, 0) is 46.5 Å². The third-order valence-electron chi connectivity index (χ3n) is 14.8. The number of esters is 1. The Morgan fingerprint density at radius 2 is 1.23 bits per heavy atom. The van der Waals surface area contributed by atoms with E-state index in [4.69, 9.17) is 9.47 Å². The molecule has 1 unspecified atom stereocenters. The summed E-state index contributed by atoms with van der Waals surface area (Å²) in [5, 5.41) is 2.91. The summed E-state index contributed by atoms with van der Waals surface area (Å²) in [5.41, 5.74) is 6.06. The van der Waals surface area contributed by atoms with Crippen LogP contribution in [0.1, 0.15) is 99.8 Å². The van der Waals surface area contributed by atoms with Crippen molar-refractivity contribution in [2.75, 3.05) is 32.8 Å². The van der Waals surface area contributed by atoms with Gasteiger partial charge in [-0.2, -0.15) is 0 Å². The molecule has 3 aliphatic heterocycles. The molecular weight excluding hydrogens is 883 g/mol. The molecule has 4 aromatic rings. The van der Waals surface area contributed by atoms with Gasteiger partial charge in [-0.1, -0.05) is 136 Å². The van der Waals surface area contributed by atoms with E-state index in [0.29, 0.717) is 77.4 Å². The van der Waals surface area contributed by atoms with Crippen LogP contribution >= 0.6 is 0 Å². The average molecular weight is 950 g/mol. The molecule has 1 N–H and O–H groups in total. The quantitative estimate of drug-likeness (QED) is 0.0827. The number of alkyl carbamates (subject to hydrolysis) is 1. The second kappa shape index (κ2) is 23.2. The number of nitrogens with zero attached hydrogens (tertiary/aromatic N) is 4. The van der Waals surface area contributed by atoms with Gasteiger partial charge in [0.05, 0.1) is 0 Å². The SMILES string of the molecule is C=CCN(C(=O)[C@@H]1CCCCN1C(=O)[C@H]1CCCCN1C(=O)[C@@H](NC(=O)OCC1c2ccccc2-c2ccccc21)C(C)CC)[C@H](Cc1ccccc1)C(=O)N1CCC[C@H]1C(=O)OCc1ccccc1. The van der Waals surface area contributed by atoms with Gasteiger partial charge in [-0.3, -0.25) is 19.2 Å². The number of rotatable bonds is 17. The summed E-state index contributed by atoms with van der Waals surface area (Å²) in [4.78, 5) is 93.8. The highest BCUT2D eigenvalue weighted by Crippen LogP contribution is 2.44. The Kier molecular flexibility index (Phi) is 16.5. The van der Waals surface area contributed by atoms with E-state index in [1.54, 1.807) is 20.8 Å². The molecule has 6 atom stereocenters. The fourth-order valence-electron chi connectivity index (χ4n) is 10.9. The van der Waals surface area contributed by atoms with Crippen molar-refractivity contribution in [1.82, 2.24) is 24.9 Å². The lowest BCUT2D eigenvalue weighted by molar-refractivity contribution is -0.160. The number of benzene rings is 4. The Balaban J connectivity index is 0.992. The molecule has 0 spiro atoms. The Hall–Kier alpha value is -6.76. The number of hydrogen-bond donors (Lipinski definition) is 1. The minimum absolute atomic E-state index is 0.0315. The predicted molar refractivity (Wildman–Crippen MR) is 267 cm³/mol. The van der Waals surface area contributed by atoms with Crippen LogP contribution in [0.15, 0.2) is 122 Å². The van der Waals surface area contributed by atoms with E-state index in [0.717, 1.165) is 33.4 Å². The zero-order chi connectivity index (χ0) is 49.1. The minimum Gasteiger partial charge on any atom is -0.459 e. The topological polar surface area (TPSA) is 146 Å². The Morgan fingerprint density at radius 1 is 0.671 bits per heavy atom. The van der Waals surface area contributed by atoms with E-state index in [1.807, 2.05) is 98.8 Å². The van der Waals surface area contributed by atoms with Gasteiger partial charge in [-0.05, 0) is 90.7 Å². The Bertz CT molecular complexity index is 2450. The second-order valence-electron chi connectivity index (χ2n) is 19.2. The van der Waals surface area contributed by atoms with E-state index in [-0.39, 0.29) is 61.6 Å². The largest absolute Gasteiger partial charge is 0.459 e. The molecule has 1 aliphatic carbocycles. The lowest BCUT2D eigenvalue weighted by Crippen LogP contribution is -2.63. The Labute approximate surface area is 412 Å². The van der Waals surface area contributed by atoms with Crippen LogP contribution in [0.25, 0.3) is 11.1 Å². The van der Waals surface area contributed by atoms with Gasteiger partial charge in [0.2, 0.25) is 23.6 Å². The highest BCUT2D eigenvalue weighted by molar-refractivity contribution is 5.97. The van der Waals surface area contributed by atoms with Crippen molar-refractivity contribution >= 4 is 35.7 Å². The number of fused-ring (bicyclic) bond motifs is 3. The summed E-state index contributed by atoms with van der Waals surface area (Å²) in [7, 11) is 0. The van der Waals surface area contributed by atoms with Crippen molar-refractivity contribution in [3.05, 3.63) is 144 Å². The number of hydrogen-bond acceptors (Lipinski definition) is 8. The maximum Gasteiger partial charge on any atom is 0.407 e. The maximum atomic E-state index is 15.3. The van der Waals surface area contributed by atoms with Crippen LogP contribution in [0.5, 0.6) is 0 Å². The lowest BCUT2D eigenvalue weighted by Gasteiger charge is -2.44. The van der Waals surface area contributed by atoms with Crippen LogP contribution < -0.4 is 5.32 Å². The number of carbonyl (C=O) groups excluding carboxylic acids is 6. The number of piperidine rings is 2. The normalized spacial score (nSPS) is 20.0. The van der Waals surface area contributed by atoms with Gasteiger partial charge in [-0.25, -0.2) is 9.59 Å². The molecule has 0 bridgehead atoms. The molecular formula is C57H67N5O8. The first-order valence-electron chi connectivity index (χ1n) is 25.3. The lowest BCUT2D eigenvalue weighted by atomic mass is 9.92. The third kappa shape index (κ3) is 11.0. The molecule has 8 rings (SSSR count). The zero-order valence-corrected chi connectivity index (χ0v) is 40.6. The number of nitrogens with one attached hydrogen (secondary N) is 1. The van der Waals surface area contributed by atoms with E-state index in [1.165, 1.54) is 4.90 Å². The molecule has 5 amide bonds. The fraction of sp³-hybridized carbons (Fsp3) is 0.439. The van der Waals surface area contributed by atoms with Gasteiger partial charge in [-0.15, -0.1) is 6.58 Å². The van der Waals surface area contributed by atoms with Gasteiger partial charge in [0.15, 0.2) is 0 Å². The van der Waals surface area contributed by atoms with Crippen molar-refractivity contribution in [1.29, 1.82) is 0 Å². The first-order valence-corrected chi connectivity index (χ1v) is 25.3. The van der Waals surface area contributed by atoms with Crippen molar-refractivity contribution in [3.63, 3.8) is 0 Å². The first kappa shape index (κ1) is 49.7. The molecule has 4 aliphatic rings. The van der Waals surface area contributed by atoms with E-state index >= 15 is 9.59 Å². The van der Waals surface area contributed by atoms with Gasteiger partial charge in [0, 0.05) is 38.5 Å². The third-order valence-corrected chi connectivity index (χ3v) is 14.8. The summed E-state index contributed by atoms with van der Waals surface area (Å²) in [6, 6.07) is 30.5. The Morgan fingerprint density at radius 3 is 1.87 bits per heavy atom. The standard InChI is InChI=1S/C57H67N5O8/c1-4-32-59(50(36-40-21-8-6-9-22-40)54(65)62-35-20-31-49(62)56(67)69-37-41-23-10-7-11-24-41)52(63)47-29-16-18-33-60(47)53(64)48-30-17-19-34-61(48)55(66)51(39(3)5-2)58-57(68)70-38-46-44-27-14-12-25-42(44)43-26-13-15-28-45(43)46/h4,6-15,21-28,39,46-51H,1,5,16-20,29-38H2,2-3H3,(H,58,68)/t39?,47-,48+,49-,50+,51-/m0/s1. The summed E-state index contributed by atoms with van der Waals surface area (Å²) >= 11 is 0. The molecule has 13 heteroatoms. The average Bonchev–Trinajstić information content (AvgIpc) is 4.03. The molecule has 3 saturated heterocycles. The number of likely N-dealkylation sites (tertiary alicyclic amines) is 3. The van der Waals surface area contributed by atoms with Crippen molar-refractivity contribution < 1.29 is 38.2 Å². The minimum atomic E-state index is -1.01. The first-order chi connectivity index (χ1) is 34.1. The monoisotopic (exact) mass is 949 g/mol. The molecule has 3 heterocycles. The number of carbonyl (C=O) groups is 6. The molecule has 4 aromatic carbocycles. The molecule has 0 radical (unpaired) electrons. The summed E-state index contributed by atoms with van der Waals surface area (Å²) in [5.74, 6) is -2.34. The number of ether oxygens (including phenoxy) is 2. The molecule has 0 aromatic heterocycles.